The zero-order valence-electron chi connectivity index (χ0n) is 10.2. The predicted octanol–water partition coefficient (Wildman–Crippen LogP) is 3.96. The van der Waals surface area contributed by atoms with Crippen LogP contribution in [-0.4, -0.2) is 18.1 Å². The first-order valence-corrected chi connectivity index (χ1v) is 7.68. The van der Waals surface area contributed by atoms with Crippen molar-refractivity contribution in [2.24, 2.45) is 11.8 Å². The molecule has 17 heavy (non-hydrogen) atoms. The van der Waals surface area contributed by atoms with Crippen molar-refractivity contribution in [1.29, 1.82) is 0 Å². The maximum atomic E-state index is 4.51. The van der Waals surface area contributed by atoms with E-state index in [0.29, 0.717) is 5.92 Å². The molecule has 1 fully saturated rings. The predicted molar refractivity (Wildman–Crippen MR) is 78.2 cm³/mol. The SMILES string of the molecule is CC(C)CNCC1CC1c1ncc(Br)cc1Br. The number of halogens is 2. The largest absolute Gasteiger partial charge is 0.316 e. The Kier molecular flexibility index (Phi) is 4.61. The van der Waals surface area contributed by atoms with Crippen molar-refractivity contribution in [3.63, 3.8) is 0 Å². The molecule has 1 aliphatic rings. The Bertz CT molecular complexity index is 393. The molecular weight excluding hydrogens is 344 g/mol. The van der Waals surface area contributed by atoms with E-state index in [1.165, 1.54) is 12.1 Å². The molecule has 0 aromatic carbocycles. The van der Waals surface area contributed by atoms with E-state index < -0.39 is 0 Å². The lowest BCUT2D eigenvalue weighted by atomic mass is 10.2. The van der Waals surface area contributed by atoms with Gasteiger partial charge in [0.05, 0.1) is 5.69 Å². The molecule has 4 heteroatoms. The summed E-state index contributed by atoms with van der Waals surface area (Å²) in [6.45, 7) is 6.71. The highest BCUT2D eigenvalue weighted by molar-refractivity contribution is 9.11. The lowest BCUT2D eigenvalue weighted by Gasteiger charge is -2.07. The molecule has 94 valence electrons. The summed E-state index contributed by atoms with van der Waals surface area (Å²) in [6, 6.07) is 2.08. The van der Waals surface area contributed by atoms with Gasteiger partial charge >= 0.3 is 0 Å². The second-order valence-electron chi connectivity index (χ2n) is 5.17. The van der Waals surface area contributed by atoms with Crippen LogP contribution in [0.2, 0.25) is 0 Å². The van der Waals surface area contributed by atoms with Crippen LogP contribution < -0.4 is 5.32 Å². The topological polar surface area (TPSA) is 24.9 Å². The van der Waals surface area contributed by atoms with Crippen molar-refractivity contribution in [3.05, 3.63) is 26.9 Å². The molecule has 0 radical (unpaired) electrons. The monoisotopic (exact) mass is 360 g/mol. The first-order chi connectivity index (χ1) is 8.08. The highest BCUT2D eigenvalue weighted by Gasteiger charge is 2.39. The standard InChI is InChI=1S/C13H18Br2N2/c1-8(2)5-16-6-9-3-11(9)13-12(15)4-10(14)7-17-13/h4,7-9,11,16H,3,5-6H2,1-2H3. The average Bonchev–Trinajstić information content (AvgIpc) is 2.96. The van der Waals surface area contributed by atoms with Crippen molar-refractivity contribution in [2.45, 2.75) is 26.2 Å². The third kappa shape index (κ3) is 3.76. The minimum Gasteiger partial charge on any atom is -0.316 e. The first kappa shape index (κ1) is 13.5. The van der Waals surface area contributed by atoms with Gasteiger partial charge in [-0.1, -0.05) is 13.8 Å². The average molecular weight is 362 g/mol. The maximum Gasteiger partial charge on any atom is 0.0580 e. The summed E-state index contributed by atoms with van der Waals surface area (Å²) < 4.78 is 2.16. The quantitative estimate of drug-likeness (QED) is 0.858. The van der Waals surface area contributed by atoms with Crippen LogP contribution in [-0.2, 0) is 0 Å². The van der Waals surface area contributed by atoms with E-state index in [1.807, 2.05) is 6.20 Å². The lowest BCUT2D eigenvalue weighted by Crippen LogP contribution is -2.22. The summed E-state index contributed by atoms with van der Waals surface area (Å²) >= 11 is 7.03. The smallest absolute Gasteiger partial charge is 0.0580 e. The van der Waals surface area contributed by atoms with E-state index in [4.69, 9.17) is 0 Å². The highest BCUT2D eigenvalue weighted by atomic mass is 79.9. The molecule has 1 aromatic rings. The Morgan fingerprint density at radius 1 is 1.47 bits per heavy atom. The molecule has 0 saturated heterocycles. The fourth-order valence-electron chi connectivity index (χ4n) is 2.06. The summed E-state index contributed by atoms with van der Waals surface area (Å²) in [5.74, 6) is 2.13. The molecule has 2 rings (SSSR count). The number of pyridine rings is 1. The van der Waals surface area contributed by atoms with Gasteiger partial charge in [0.2, 0.25) is 0 Å². The maximum absolute atomic E-state index is 4.51. The number of hydrogen-bond acceptors (Lipinski definition) is 2. The lowest BCUT2D eigenvalue weighted by molar-refractivity contribution is 0.532. The fraction of sp³-hybridized carbons (Fsp3) is 0.615. The molecule has 0 bridgehead atoms. The van der Waals surface area contributed by atoms with Gasteiger partial charge in [0.1, 0.15) is 0 Å². The number of nitrogens with zero attached hydrogens (tertiary/aromatic N) is 1. The van der Waals surface area contributed by atoms with Crippen molar-refractivity contribution in [3.8, 4) is 0 Å². The van der Waals surface area contributed by atoms with Crippen LogP contribution in [0.15, 0.2) is 21.2 Å². The number of aromatic nitrogens is 1. The molecule has 2 nitrogen and oxygen atoms in total. The summed E-state index contributed by atoms with van der Waals surface area (Å²) in [4.78, 5) is 4.51. The molecule has 1 heterocycles. The van der Waals surface area contributed by atoms with E-state index in [9.17, 15) is 0 Å². The normalized spacial score (nSPS) is 23.1. The molecular formula is C13H18Br2N2. The van der Waals surface area contributed by atoms with Gasteiger partial charge in [0.25, 0.3) is 0 Å². The molecule has 2 unspecified atom stereocenters. The van der Waals surface area contributed by atoms with Crippen molar-refractivity contribution in [1.82, 2.24) is 10.3 Å². The van der Waals surface area contributed by atoms with Crippen LogP contribution in [0.5, 0.6) is 0 Å². The second kappa shape index (κ2) is 5.81. The van der Waals surface area contributed by atoms with Gasteiger partial charge in [0.15, 0.2) is 0 Å². The Balaban J connectivity index is 1.85. The molecule has 0 spiro atoms. The van der Waals surface area contributed by atoms with Crippen molar-refractivity contribution >= 4 is 31.9 Å². The van der Waals surface area contributed by atoms with Gasteiger partial charge < -0.3 is 5.32 Å². The molecule has 1 saturated carbocycles. The van der Waals surface area contributed by atoms with E-state index in [-0.39, 0.29) is 0 Å². The molecule has 2 atom stereocenters. The summed E-state index contributed by atoms with van der Waals surface area (Å²) in [7, 11) is 0. The Morgan fingerprint density at radius 3 is 2.88 bits per heavy atom. The van der Waals surface area contributed by atoms with E-state index >= 15 is 0 Å². The van der Waals surface area contributed by atoms with Crippen molar-refractivity contribution in [2.75, 3.05) is 13.1 Å². The van der Waals surface area contributed by atoms with Crippen LogP contribution in [0.25, 0.3) is 0 Å². The van der Waals surface area contributed by atoms with Gasteiger partial charge in [-0.3, -0.25) is 4.98 Å². The van der Waals surface area contributed by atoms with Gasteiger partial charge in [-0.25, -0.2) is 0 Å². The van der Waals surface area contributed by atoms with E-state index in [2.05, 4.69) is 62.1 Å². The molecule has 1 aromatic heterocycles. The second-order valence-corrected chi connectivity index (χ2v) is 6.94. The molecule has 1 N–H and O–H groups in total. The first-order valence-electron chi connectivity index (χ1n) is 6.09. The molecule has 0 aliphatic heterocycles. The van der Waals surface area contributed by atoms with Gasteiger partial charge in [-0.05, 0) is 69.3 Å². The van der Waals surface area contributed by atoms with Crippen molar-refractivity contribution < 1.29 is 0 Å². The minimum atomic E-state index is 0.636. The van der Waals surface area contributed by atoms with Crippen LogP contribution in [0.1, 0.15) is 31.9 Å². The summed E-state index contributed by atoms with van der Waals surface area (Å²) in [5, 5.41) is 3.53. The minimum absolute atomic E-state index is 0.636. The Hall–Kier alpha value is 0.0700. The third-order valence-electron chi connectivity index (χ3n) is 3.07. The summed E-state index contributed by atoms with van der Waals surface area (Å²) in [6.07, 6.45) is 3.15. The third-order valence-corrected chi connectivity index (χ3v) is 4.14. The van der Waals surface area contributed by atoms with Gasteiger partial charge in [0, 0.05) is 21.1 Å². The number of hydrogen-bond donors (Lipinski definition) is 1. The van der Waals surface area contributed by atoms with Gasteiger partial charge in [-0.2, -0.15) is 0 Å². The van der Waals surface area contributed by atoms with Crippen LogP contribution >= 0.6 is 31.9 Å². The Morgan fingerprint density at radius 2 is 2.24 bits per heavy atom. The van der Waals surface area contributed by atoms with Crippen LogP contribution in [0.4, 0.5) is 0 Å². The number of nitrogens with one attached hydrogen (secondary N) is 1. The van der Waals surface area contributed by atoms with E-state index in [1.54, 1.807) is 0 Å². The Labute approximate surface area is 120 Å². The van der Waals surface area contributed by atoms with Crippen LogP contribution in [0, 0.1) is 11.8 Å². The zero-order valence-corrected chi connectivity index (χ0v) is 13.4. The van der Waals surface area contributed by atoms with Gasteiger partial charge in [-0.15, -0.1) is 0 Å². The van der Waals surface area contributed by atoms with Crippen LogP contribution in [0.3, 0.4) is 0 Å². The highest BCUT2D eigenvalue weighted by Crippen LogP contribution is 2.48. The molecule has 0 amide bonds. The molecule has 1 aliphatic carbocycles. The fourth-order valence-corrected chi connectivity index (χ4v) is 3.35. The zero-order chi connectivity index (χ0) is 12.4. The van der Waals surface area contributed by atoms with E-state index in [0.717, 1.165) is 33.9 Å². The number of rotatable bonds is 5. The summed E-state index contributed by atoms with van der Waals surface area (Å²) in [5.41, 5.74) is 1.21.